The van der Waals surface area contributed by atoms with Gasteiger partial charge in [-0.2, -0.15) is 0 Å². The number of rotatable bonds is 0. The van der Waals surface area contributed by atoms with E-state index in [4.69, 9.17) is 0 Å². The molecule has 44 valence electrons. The fourth-order valence-corrected chi connectivity index (χ4v) is 1.46. The van der Waals surface area contributed by atoms with Gasteiger partial charge in [-0.25, -0.2) is 0 Å². The third kappa shape index (κ3) is 1.13. The molecule has 0 aromatic rings. The zero-order chi connectivity index (χ0) is 5.98. The van der Waals surface area contributed by atoms with Crippen molar-refractivity contribution < 1.29 is 4.79 Å². The summed E-state index contributed by atoms with van der Waals surface area (Å²) in [5, 5.41) is 0. The van der Waals surface area contributed by atoms with Crippen LogP contribution in [0.2, 0.25) is 0 Å². The van der Waals surface area contributed by atoms with Crippen molar-refractivity contribution in [1.29, 1.82) is 0 Å². The van der Waals surface area contributed by atoms with Gasteiger partial charge in [0.05, 0.1) is 5.75 Å². The van der Waals surface area contributed by atoms with Crippen LogP contribution in [0.3, 0.4) is 0 Å². The van der Waals surface area contributed by atoms with Crippen LogP contribution in [-0.4, -0.2) is 17.3 Å². The van der Waals surface area contributed by atoms with Crippen LogP contribution in [0, 0.1) is 0 Å². The highest BCUT2D eigenvalue weighted by Gasteiger charge is 2.07. The number of hydrogen-bond donors (Lipinski definition) is 0. The maximum atomic E-state index is 10.7. The molecule has 1 heterocycles. The SMILES string of the molecule is CC1=CCSCC1=O. The molecule has 0 unspecified atom stereocenters. The molecule has 1 rings (SSSR count). The van der Waals surface area contributed by atoms with E-state index in [2.05, 4.69) is 0 Å². The molecule has 0 bridgehead atoms. The second-order valence-corrected chi connectivity index (χ2v) is 2.86. The molecule has 1 aliphatic heterocycles. The van der Waals surface area contributed by atoms with Crippen LogP contribution in [0.25, 0.3) is 0 Å². The highest BCUT2D eigenvalue weighted by atomic mass is 32.2. The minimum Gasteiger partial charge on any atom is -0.294 e. The lowest BCUT2D eigenvalue weighted by Crippen LogP contribution is -2.07. The summed E-state index contributed by atoms with van der Waals surface area (Å²) in [6.07, 6.45) is 1.98. The van der Waals surface area contributed by atoms with Gasteiger partial charge in [0.25, 0.3) is 0 Å². The van der Waals surface area contributed by atoms with Gasteiger partial charge in [0.1, 0.15) is 0 Å². The fraction of sp³-hybridized carbons (Fsp3) is 0.500. The average molecular weight is 128 g/mol. The van der Waals surface area contributed by atoms with Crippen LogP contribution in [0.15, 0.2) is 11.6 Å². The first-order valence-corrected chi connectivity index (χ1v) is 3.74. The number of carbonyl (C=O) groups is 1. The fourth-order valence-electron chi connectivity index (χ4n) is 0.563. The highest BCUT2D eigenvalue weighted by Crippen LogP contribution is 2.12. The van der Waals surface area contributed by atoms with Crippen molar-refractivity contribution in [3.8, 4) is 0 Å². The lowest BCUT2D eigenvalue weighted by Gasteiger charge is -2.04. The normalized spacial score (nSPS) is 20.6. The molecule has 0 fully saturated rings. The molecule has 0 spiro atoms. The Kier molecular flexibility index (Phi) is 1.73. The van der Waals surface area contributed by atoms with Crippen molar-refractivity contribution in [2.75, 3.05) is 11.5 Å². The molecule has 0 radical (unpaired) electrons. The maximum absolute atomic E-state index is 10.7. The summed E-state index contributed by atoms with van der Waals surface area (Å²) in [7, 11) is 0. The van der Waals surface area contributed by atoms with E-state index in [1.54, 1.807) is 11.8 Å². The van der Waals surface area contributed by atoms with Crippen LogP contribution >= 0.6 is 11.8 Å². The zero-order valence-electron chi connectivity index (χ0n) is 4.81. The second kappa shape index (κ2) is 2.35. The van der Waals surface area contributed by atoms with Gasteiger partial charge >= 0.3 is 0 Å². The molecule has 0 aromatic carbocycles. The third-order valence-corrected chi connectivity index (χ3v) is 2.05. The largest absolute Gasteiger partial charge is 0.294 e. The summed E-state index contributed by atoms with van der Waals surface area (Å²) in [6.45, 7) is 1.88. The first-order chi connectivity index (χ1) is 3.80. The van der Waals surface area contributed by atoms with E-state index in [0.29, 0.717) is 11.5 Å². The van der Waals surface area contributed by atoms with Gasteiger partial charge in [-0.15, -0.1) is 11.8 Å². The Hall–Kier alpha value is -0.240. The standard InChI is InChI=1S/C6H8OS/c1-5-2-3-8-4-6(5)7/h2H,3-4H2,1H3. The monoisotopic (exact) mass is 128 g/mol. The molecule has 0 aromatic heterocycles. The first kappa shape index (κ1) is 5.89. The molecule has 0 aliphatic carbocycles. The van der Waals surface area contributed by atoms with Crippen LogP contribution in [0.1, 0.15) is 6.92 Å². The summed E-state index contributed by atoms with van der Waals surface area (Å²) < 4.78 is 0. The van der Waals surface area contributed by atoms with Gasteiger partial charge in [-0.3, -0.25) is 4.79 Å². The van der Waals surface area contributed by atoms with Gasteiger partial charge < -0.3 is 0 Å². The number of ketones is 1. The van der Waals surface area contributed by atoms with Crippen LogP contribution in [0.5, 0.6) is 0 Å². The number of thioether (sulfide) groups is 1. The van der Waals surface area contributed by atoms with Crippen molar-refractivity contribution in [1.82, 2.24) is 0 Å². The lowest BCUT2D eigenvalue weighted by atomic mass is 10.2. The average Bonchev–Trinajstić information content (AvgIpc) is 1.77. The lowest BCUT2D eigenvalue weighted by molar-refractivity contribution is -0.113. The molecular weight excluding hydrogens is 120 g/mol. The Morgan fingerprint density at radius 1 is 1.75 bits per heavy atom. The summed E-state index contributed by atoms with van der Waals surface area (Å²) in [4.78, 5) is 10.7. The molecule has 8 heavy (non-hydrogen) atoms. The smallest absolute Gasteiger partial charge is 0.168 e. The Bertz CT molecular complexity index is 137. The molecule has 0 saturated heterocycles. The predicted octanol–water partition coefficient (Wildman–Crippen LogP) is 1.25. The topological polar surface area (TPSA) is 17.1 Å². The summed E-state index contributed by atoms with van der Waals surface area (Å²) in [5.41, 5.74) is 0.934. The molecule has 1 nitrogen and oxygen atoms in total. The van der Waals surface area contributed by atoms with Crippen molar-refractivity contribution >= 4 is 17.5 Å². The maximum Gasteiger partial charge on any atom is 0.168 e. The molecule has 1 aliphatic rings. The van der Waals surface area contributed by atoms with Gasteiger partial charge in [0.15, 0.2) is 5.78 Å². The van der Waals surface area contributed by atoms with Crippen molar-refractivity contribution in [3.63, 3.8) is 0 Å². The summed E-state index contributed by atoms with van der Waals surface area (Å²) >= 11 is 1.68. The van der Waals surface area contributed by atoms with Crippen LogP contribution in [-0.2, 0) is 4.79 Å². The van der Waals surface area contributed by atoms with E-state index in [0.717, 1.165) is 11.3 Å². The highest BCUT2D eigenvalue weighted by molar-refractivity contribution is 8.00. The van der Waals surface area contributed by atoms with Crippen molar-refractivity contribution in [2.45, 2.75) is 6.92 Å². The molecule has 0 amide bonds. The molecule has 2 heteroatoms. The Morgan fingerprint density at radius 2 is 2.50 bits per heavy atom. The minimum absolute atomic E-state index is 0.293. The van der Waals surface area contributed by atoms with Crippen molar-refractivity contribution in [3.05, 3.63) is 11.6 Å². The van der Waals surface area contributed by atoms with E-state index in [1.807, 2.05) is 13.0 Å². The third-order valence-electron chi connectivity index (χ3n) is 1.18. The zero-order valence-corrected chi connectivity index (χ0v) is 5.62. The number of carbonyl (C=O) groups excluding carboxylic acids is 1. The van der Waals surface area contributed by atoms with Crippen LogP contribution in [0.4, 0.5) is 0 Å². The number of Topliss-reactive ketones (excluding diaryl/α,β-unsaturated/α-hetero) is 1. The Morgan fingerprint density at radius 3 is 2.88 bits per heavy atom. The van der Waals surface area contributed by atoms with E-state index in [9.17, 15) is 4.79 Å². The summed E-state index contributed by atoms with van der Waals surface area (Å²) in [6, 6.07) is 0. The quantitative estimate of drug-likeness (QED) is 0.488. The molecule has 0 N–H and O–H groups in total. The van der Waals surface area contributed by atoms with E-state index in [-0.39, 0.29) is 0 Å². The summed E-state index contributed by atoms with van der Waals surface area (Å²) in [5.74, 6) is 1.99. The predicted molar refractivity (Wildman–Crippen MR) is 36.1 cm³/mol. The van der Waals surface area contributed by atoms with E-state index < -0.39 is 0 Å². The molecule has 0 saturated carbocycles. The molecule has 0 atom stereocenters. The van der Waals surface area contributed by atoms with Gasteiger partial charge in [0, 0.05) is 5.75 Å². The Balaban J connectivity index is 2.67. The van der Waals surface area contributed by atoms with Gasteiger partial charge in [0.2, 0.25) is 0 Å². The van der Waals surface area contributed by atoms with Gasteiger partial charge in [-0.1, -0.05) is 6.08 Å². The Labute approximate surface area is 53.2 Å². The van der Waals surface area contributed by atoms with Crippen molar-refractivity contribution in [2.24, 2.45) is 0 Å². The molecular formula is C6H8OS. The van der Waals surface area contributed by atoms with E-state index in [1.165, 1.54) is 0 Å². The van der Waals surface area contributed by atoms with E-state index >= 15 is 0 Å². The first-order valence-electron chi connectivity index (χ1n) is 2.58. The number of hydrogen-bond acceptors (Lipinski definition) is 2. The minimum atomic E-state index is 0.293. The number of allylic oxidation sites excluding steroid dienone is 1. The second-order valence-electron chi connectivity index (χ2n) is 1.83. The van der Waals surface area contributed by atoms with Crippen LogP contribution < -0.4 is 0 Å². The van der Waals surface area contributed by atoms with Gasteiger partial charge in [-0.05, 0) is 12.5 Å².